The van der Waals surface area contributed by atoms with Crippen LogP contribution in [-0.2, 0) is 4.79 Å². The van der Waals surface area contributed by atoms with Gasteiger partial charge in [-0.2, -0.15) is 0 Å². The van der Waals surface area contributed by atoms with Crippen molar-refractivity contribution in [1.29, 1.82) is 0 Å². The molecule has 0 radical (unpaired) electrons. The van der Waals surface area contributed by atoms with E-state index in [1.807, 2.05) is 0 Å². The van der Waals surface area contributed by atoms with Crippen molar-refractivity contribution >= 4 is 17.6 Å². The van der Waals surface area contributed by atoms with E-state index in [0.717, 1.165) is 0 Å². The second-order valence-corrected chi connectivity index (χ2v) is 4.00. The van der Waals surface area contributed by atoms with Crippen LogP contribution in [0.3, 0.4) is 0 Å². The fourth-order valence-corrected chi connectivity index (χ4v) is 1.68. The Bertz CT molecular complexity index is 372. The number of carboxylic acid groups (broad SMARTS) is 1. The minimum Gasteiger partial charge on any atom is -0.478 e. The third-order valence-corrected chi connectivity index (χ3v) is 2.88. The molecule has 0 saturated heterocycles. The summed E-state index contributed by atoms with van der Waals surface area (Å²) in [7, 11) is 0. The Morgan fingerprint density at radius 3 is 2.50 bits per heavy atom. The first kappa shape index (κ1) is 12.8. The van der Waals surface area contributed by atoms with E-state index < -0.39 is 11.6 Å². The van der Waals surface area contributed by atoms with E-state index in [-0.39, 0.29) is 0 Å². The zero-order valence-electron chi connectivity index (χ0n) is 9.37. The molecule has 0 amide bonds. The van der Waals surface area contributed by atoms with Crippen LogP contribution in [0.25, 0.3) is 0 Å². The number of carboxylic acids is 1. The van der Waals surface area contributed by atoms with Gasteiger partial charge in [0.1, 0.15) is 5.75 Å². The predicted octanol–water partition coefficient (Wildman–Crippen LogP) is 3.36. The van der Waals surface area contributed by atoms with Gasteiger partial charge in [-0.25, -0.2) is 4.79 Å². The third kappa shape index (κ3) is 2.67. The smallest absolute Gasteiger partial charge is 0.348 e. The lowest BCUT2D eigenvalue weighted by Gasteiger charge is -2.28. The molecule has 88 valence electrons. The molecule has 0 spiro atoms. The summed E-state index contributed by atoms with van der Waals surface area (Å²) >= 11 is 5.81. The number of rotatable bonds is 5. The van der Waals surface area contributed by atoms with Crippen molar-refractivity contribution in [3.8, 4) is 5.75 Å². The van der Waals surface area contributed by atoms with E-state index in [1.165, 1.54) is 0 Å². The highest BCUT2D eigenvalue weighted by Gasteiger charge is 2.37. The van der Waals surface area contributed by atoms with Crippen molar-refractivity contribution < 1.29 is 14.6 Å². The largest absolute Gasteiger partial charge is 0.478 e. The summed E-state index contributed by atoms with van der Waals surface area (Å²) in [6.07, 6.45) is 0.816. The van der Waals surface area contributed by atoms with E-state index in [0.29, 0.717) is 23.6 Å². The van der Waals surface area contributed by atoms with Crippen molar-refractivity contribution in [3.05, 3.63) is 29.3 Å². The summed E-state index contributed by atoms with van der Waals surface area (Å²) in [4.78, 5) is 11.2. The van der Waals surface area contributed by atoms with Gasteiger partial charge in [-0.3, -0.25) is 0 Å². The van der Waals surface area contributed by atoms with Crippen LogP contribution in [0.4, 0.5) is 0 Å². The van der Waals surface area contributed by atoms with Gasteiger partial charge in [-0.1, -0.05) is 31.5 Å². The number of carbonyl (C=O) groups is 1. The topological polar surface area (TPSA) is 46.5 Å². The first-order valence-electron chi connectivity index (χ1n) is 5.22. The number of hydrogen-bond acceptors (Lipinski definition) is 2. The Balaban J connectivity index is 2.96. The highest BCUT2D eigenvalue weighted by molar-refractivity contribution is 6.30. The van der Waals surface area contributed by atoms with Crippen LogP contribution in [0, 0.1) is 0 Å². The van der Waals surface area contributed by atoms with Gasteiger partial charge in [0.15, 0.2) is 0 Å². The second-order valence-electron chi connectivity index (χ2n) is 3.57. The maximum absolute atomic E-state index is 11.2. The van der Waals surface area contributed by atoms with Gasteiger partial charge in [0.2, 0.25) is 5.60 Å². The minimum atomic E-state index is -1.16. The number of hydrogen-bond donors (Lipinski definition) is 1. The Labute approximate surface area is 100.0 Å². The molecule has 0 heterocycles. The summed E-state index contributed by atoms with van der Waals surface area (Å²) in [5.74, 6) is -0.462. The molecule has 0 aliphatic heterocycles. The van der Waals surface area contributed by atoms with Gasteiger partial charge in [0, 0.05) is 5.02 Å². The van der Waals surface area contributed by atoms with E-state index >= 15 is 0 Å². The number of halogens is 1. The van der Waals surface area contributed by atoms with Crippen LogP contribution in [0.1, 0.15) is 26.7 Å². The molecule has 0 bridgehead atoms. The van der Waals surface area contributed by atoms with Crippen molar-refractivity contribution in [2.45, 2.75) is 32.3 Å². The molecule has 3 nitrogen and oxygen atoms in total. The van der Waals surface area contributed by atoms with Gasteiger partial charge in [-0.05, 0) is 31.0 Å². The molecule has 4 heteroatoms. The lowest BCUT2D eigenvalue weighted by molar-refractivity contribution is -0.156. The van der Waals surface area contributed by atoms with Gasteiger partial charge in [-0.15, -0.1) is 0 Å². The normalized spacial score (nSPS) is 11.2. The summed E-state index contributed by atoms with van der Waals surface area (Å²) < 4.78 is 5.56. The van der Waals surface area contributed by atoms with Crippen LogP contribution in [0.15, 0.2) is 24.3 Å². The lowest BCUT2D eigenvalue weighted by atomic mass is 9.97. The fourth-order valence-electron chi connectivity index (χ4n) is 1.50. The Morgan fingerprint density at radius 2 is 2.06 bits per heavy atom. The minimum absolute atomic E-state index is 0.408. The summed E-state index contributed by atoms with van der Waals surface area (Å²) in [5.41, 5.74) is -1.16. The highest BCUT2D eigenvalue weighted by atomic mass is 35.5. The molecule has 0 fully saturated rings. The van der Waals surface area contributed by atoms with E-state index in [9.17, 15) is 9.90 Å². The molecular weight excluding hydrogens is 228 g/mol. The van der Waals surface area contributed by atoms with E-state index in [4.69, 9.17) is 16.3 Å². The Kier molecular flexibility index (Phi) is 4.19. The molecule has 0 aliphatic carbocycles. The monoisotopic (exact) mass is 242 g/mol. The molecule has 1 aromatic carbocycles. The second kappa shape index (κ2) is 5.21. The van der Waals surface area contributed by atoms with Gasteiger partial charge < -0.3 is 9.84 Å². The average Bonchev–Trinajstić information content (AvgIpc) is 2.25. The average molecular weight is 243 g/mol. The summed E-state index contributed by atoms with van der Waals surface area (Å²) in [5, 5.41) is 9.73. The highest BCUT2D eigenvalue weighted by Crippen LogP contribution is 2.26. The maximum Gasteiger partial charge on any atom is 0.348 e. The van der Waals surface area contributed by atoms with Gasteiger partial charge in [0.05, 0.1) is 0 Å². The predicted molar refractivity (Wildman–Crippen MR) is 63.0 cm³/mol. The molecule has 1 aromatic rings. The van der Waals surface area contributed by atoms with Crippen LogP contribution in [0.5, 0.6) is 5.75 Å². The molecule has 0 saturated carbocycles. The van der Waals surface area contributed by atoms with Crippen molar-refractivity contribution in [1.82, 2.24) is 0 Å². The Hall–Kier alpha value is -1.22. The van der Waals surface area contributed by atoms with Crippen LogP contribution in [-0.4, -0.2) is 16.7 Å². The molecule has 0 unspecified atom stereocenters. The summed E-state index contributed by atoms with van der Waals surface area (Å²) in [6, 6.07) is 6.77. The quantitative estimate of drug-likeness (QED) is 0.861. The molecular formula is C12H15ClO3. The van der Waals surface area contributed by atoms with Crippen LogP contribution >= 0.6 is 11.6 Å². The molecule has 1 rings (SSSR count). The zero-order valence-corrected chi connectivity index (χ0v) is 10.1. The SMILES string of the molecule is CCC(CC)(Oc1cccc(Cl)c1)C(=O)O. The molecule has 16 heavy (non-hydrogen) atoms. The molecule has 0 aliphatic rings. The number of ether oxygens (including phenoxy) is 1. The maximum atomic E-state index is 11.2. The Morgan fingerprint density at radius 1 is 1.44 bits per heavy atom. The van der Waals surface area contributed by atoms with Gasteiger partial charge in [0.25, 0.3) is 0 Å². The van der Waals surface area contributed by atoms with Gasteiger partial charge >= 0.3 is 5.97 Å². The van der Waals surface area contributed by atoms with Crippen LogP contribution in [0.2, 0.25) is 5.02 Å². The van der Waals surface area contributed by atoms with E-state index in [1.54, 1.807) is 38.1 Å². The van der Waals surface area contributed by atoms with Crippen molar-refractivity contribution in [2.75, 3.05) is 0 Å². The first-order chi connectivity index (χ1) is 7.54. The standard InChI is InChI=1S/C12H15ClO3/c1-3-12(4-2,11(14)15)16-10-7-5-6-9(13)8-10/h5-8H,3-4H2,1-2H3,(H,14,15). The first-order valence-corrected chi connectivity index (χ1v) is 5.60. The molecule has 0 aromatic heterocycles. The van der Waals surface area contributed by atoms with Crippen molar-refractivity contribution in [3.63, 3.8) is 0 Å². The zero-order chi connectivity index (χ0) is 12.2. The van der Waals surface area contributed by atoms with E-state index in [2.05, 4.69) is 0 Å². The molecule has 0 atom stereocenters. The fraction of sp³-hybridized carbons (Fsp3) is 0.417. The number of benzene rings is 1. The van der Waals surface area contributed by atoms with Crippen molar-refractivity contribution in [2.24, 2.45) is 0 Å². The summed E-state index contributed by atoms with van der Waals surface area (Å²) in [6.45, 7) is 3.59. The lowest BCUT2D eigenvalue weighted by Crippen LogP contribution is -2.43. The third-order valence-electron chi connectivity index (χ3n) is 2.64. The van der Waals surface area contributed by atoms with Crippen LogP contribution < -0.4 is 4.74 Å². The molecule has 1 N–H and O–H groups in total. The number of aliphatic carboxylic acids is 1.